The standard InChI is InChI=1S/C11H8F2N2O2/c12-11(13,7-4-2-1-3-5-7)9-6-8(10(14)16)15-17-9/h1-6H,(H2,14,16). The first-order valence-corrected chi connectivity index (χ1v) is 4.72. The number of benzene rings is 1. The Morgan fingerprint density at radius 1 is 1.29 bits per heavy atom. The summed E-state index contributed by atoms with van der Waals surface area (Å²) in [4.78, 5) is 10.7. The highest BCUT2D eigenvalue weighted by atomic mass is 19.3. The third kappa shape index (κ3) is 2.01. The Morgan fingerprint density at radius 3 is 2.47 bits per heavy atom. The number of primary amides is 1. The molecular weight excluding hydrogens is 230 g/mol. The monoisotopic (exact) mass is 238 g/mol. The summed E-state index contributed by atoms with van der Waals surface area (Å²) in [6.45, 7) is 0. The van der Waals surface area contributed by atoms with Crippen LogP contribution < -0.4 is 5.73 Å². The molecule has 1 aromatic heterocycles. The molecule has 17 heavy (non-hydrogen) atoms. The number of hydrogen-bond donors (Lipinski definition) is 1. The van der Waals surface area contributed by atoms with Crippen molar-refractivity contribution >= 4 is 5.91 Å². The molecule has 88 valence electrons. The van der Waals surface area contributed by atoms with Crippen molar-refractivity contribution in [2.75, 3.05) is 0 Å². The summed E-state index contributed by atoms with van der Waals surface area (Å²) in [6, 6.07) is 7.94. The molecule has 1 aromatic carbocycles. The van der Waals surface area contributed by atoms with Crippen LogP contribution >= 0.6 is 0 Å². The fourth-order valence-electron chi connectivity index (χ4n) is 1.33. The molecule has 1 amide bonds. The highest BCUT2D eigenvalue weighted by molar-refractivity contribution is 5.90. The van der Waals surface area contributed by atoms with Gasteiger partial charge in [-0.25, -0.2) is 0 Å². The van der Waals surface area contributed by atoms with E-state index in [1.54, 1.807) is 6.07 Å². The van der Waals surface area contributed by atoms with E-state index in [0.29, 0.717) is 0 Å². The molecular formula is C11H8F2N2O2. The van der Waals surface area contributed by atoms with E-state index in [2.05, 4.69) is 9.68 Å². The van der Waals surface area contributed by atoms with Crippen LogP contribution in [0.2, 0.25) is 0 Å². The molecule has 0 atom stereocenters. The van der Waals surface area contributed by atoms with Gasteiger partial charge >= 0.3 is 5.92 Å². The van der Waals surface area contributed by atoms with Crippen LogP contribution in [0.3, 0.4) is 0 Å². The summed E-state index contributed by atoms with van der Waals surface area (Å²) < 4.78 is 32.2. The highest BCUT2D eigenvalue weighted by Gasteiger charge is 2.38. The van der Waals surface area contributed by atoms with Crippen molar-refractivity contribution in [1.82, 2.24) is 5.16 Å². The van der Waals surface area contributed by atoms with Gasteiger partial charge in [0.05, 0.1) is 0 Å². The summed E-state index contributed by atoms with van der Waals surface area (Å²) in [5.74, 6) is -4.97. The predicted octanol–water partition coefficient (Wildman–Crippen LogP) is 1.91. The van der Waals surface area contributed by atoms with Gasteiger partial charge in [-0.1, -0.05) is 35.5 Å². The van der Waals surface area contributed by atoms with Crippen LogP contribution in [0.4, 0.5) is 8.78 Å². The summed E-state index contributed by atoms with van der Waals surface area (Å²) in [7, 11) is 0. The van der Waals surface area contributed by atoms with Crippen LogP contribution in [0, 0.1) is 0 Å². The van der Waals surface area contributed by atoms with Crippen LogP contribution in [0.5, 0.6) is 0 Å². The zero-order valence-corrected chi connectivity index (χ0v) is 8.56. The topological polar surface area (TPSA) is 69.1 Å². The number of carbonyl (C=O) groups is 1. The van der Waals surface area contributed by atoms with E-state index >= 15 is 0 Å². The van der Waals surface area contributed by atoms with Crippen molar-refractivity contribution in [2.24, 2.45) is 5.73 Å². The van der Waals surface area contributed by atoms with Crippen molar-refractivity contribution in [1.29, 1.82) is 0 Å². The average Bonchev–Trinajstić information content (AvgIpc) is 2.80. The van der Waals surface area contributed by atoms with Gasteiger partial charge in [-0.2, -0.15) is 8.78 Å². The smallest absolute Gasteiger partial charge is 0.332 e. The van der Waals surface area contributed by atoms with Gasteiger partial charge in [-0.3, -0.25) is 4.79 Å². The second-order valence-electron chi connectivity index (χ2n) is 3.38. The normalized spacial score (nSPS) is 11.4. The van der Waals surface area contributed by atoms with E-state index in [1.807, 2.05) is 0 Å². The molecule has 0 aliphatic rings. The Kier molecular flexibility index (Phi) is 2.63. The number of carbonyl (C=O) groups excluding carboxylic acids is 1. The van der Waals surface area contributed by atoms with Gasteiger partial charge in [0.25, 0.3) is 5.91 Å². The van der Waals surface area contributed by atoms with Gasteiger partial charge in [0.1, 0.15) is 0 Å². The summed E-state index contributed by atoms with van der Waals surface area (Å²) in [6.07, 6.45) is 0. The van der Waals surface area contributed by atoms with Gasteiger partial charge in [0, 0.05) is 11.6 Å². The number of aromatic nitrogens is 1. The number of alkyl halides is 2. The molecule has 4 nitrogen and oxygen atoms in total. The zero-order valence-electron chi connectivity index (χ0n) is 8.56. The number of nitrogens with two attached hydrogens (primary N) is 1. The van der Waals surface area contributed by atoms with E-state index in [1.165, 1.54) is 24.3 Å². The largest absolute Gasteiger partial charge is 0.364 e. The average molecular weight is 238 g/mol. The quantitative estimate of drug-likeness (QED) is 0.887. The minimum absolute atomic E-state index is 0.243. The lowest BCUT2D eigenvalue weighted by molar-refractivity contribution is 0.0130. The van der Waals surface area contributed by atoms with Crippen LogP contribution in [-0.4, -0.2) is 11.1 Å². The van der Waals surface area contributed by atoms with E-state index in [9.17, 15) is 13.6 Å². The first-order chi connectivity index (χ1) is 8.01. The Morgan fingerprint density at radius 2 is 1.94 bits per heavy atom. The zero-order chi connectivity index (χ0) is 12.5. The van der Waals surface area contributed by atoms with E-state index in [4.69, 9.17) is 5.73 Å². The lowest BCUT2D eigenvalue weighted by atomic mass is 10.1. The van der Waals surface area contributed by atoms with Crippen molar-refractivity contribution in [3.8, 4) is 0 Å². The first kappa shape index (κ1) is 11.3. The van der Waals surface area contributed by atoms with Gasteiger partial charge in [-0.15, -0.1) is 0 Å². The van der Waals surface area contributed by atoms with Crippen LogP contribution in [0.15, 0.2) is 40.9 Å². The maximum Gasteiger partial charge on any atom is 0.332 e. The third-order valence-corrected chi connectivity index (χ3v) is 2.21. The van der Waals surface area contributed by atoms with E-state index in [-0.39, 0.29) is 11.3 Å². The molecule has 0 saturated carbocycles. The van der Waals surface area contributed by atoms with Crippen molar-refractivity contribution in [3.05, 3.63) is 53.4 Å². The molecule has 2 aromatic rings. The summed E-state index contributed by atoms with van der Waals surface area (Å²) in [5, 5.41) is 3.18. The summed E-state index contributed by atoms with van der Waals surface area (Å²) in [5.41, 5.74) is 4.34. The molecule has 1 heterocycles. The molecule has 0 unspecified atom stereocenters. The van der Waals surface area contributed by atoms with Crippen LogP contribution in [0.1, 0.15) is 21.8 Å². The number of amides is 1. The van der Waals surface area contributed by atoms with Gasteiger partial charge in [-0.05, 0) is 0 Å². The molecule has 0 aliphatic heterocycles. The minimum Gasteiger partial charge on any atom is -0.364 e. The Balaban J connectivity index is 2.41. The lowest BCUT2D eigenvalue weighted by Gasteiger charge is -2.12. The van der Waals surface area contributed by atoms with Crippen LogP contribution in [-0.2, 0) is 5.92 Å². The Hall–Kier alpha value is -2.24. The SMILES string of the molecule is NC(=O)c1cc(C(F)(F)c2ccccc2)on1. The third-order valence-electron chi connectivity index (χ3n) is 2.21. The number of hydrogen-bond acceptors (Lipinski definition) is 3. The molecule has 0 spiro atoms. The van der Waals surface area contributed by atoms with Gasteiger partial charge in [0.2, 0.25) is 5.76 Å². The number of nitrogens with zero attached hydrogens (tertiary/aromatic N) is 1. The number of rotatable bonds is 3. The Bertz CT molecular complexity index is 537. The van der Waals surface area contributed by atoms with Gasteiger partial charge < -0.3 is 10.3 Å². The molecule has 2 N–H and O–H groups in total. The predicted molar refractivity (Wildman–Crippen MR) is 54.5 cm³/mol. The van der Waals surface area contributed by atoms with E-state index < -0.39 is 17.6 Å². The fourth-order valence-corrected chi connectivity index (χ4v) is 1.33. The molecule has 0 saturated heterocycles. The Labute approximate surface area is 95.0 Å². The maximum atomic E-state index is 13.9. The molecule has 0 aliphatic carbocycles. The maximum absolute atomic E-state index is 13.9. The van der Waals surface area contributed by atoms with E-state index in [0.717, 1.165) is 6.07 Å². The second kappa shape index (κ2) is 3.97. The van der Waals surface area contributed by atoms with Gasteiger partial charge in [0.15, 0.2) is 5.69 Å². The van der Waals surface area contributed by atoms with Crippen molar-refractivity contribution < 1.29 is 18.1 Å². The minimum atomic E-state index is -3.35. The molecule has 0 fully saturated rings. The molecule has 6 heteroatoms. The fraction of sp³-hybridized carbons (Fsp3) is 0.0909. The van der Waals surface area contributed by atoms with Crippen molar-refractivity contribution in [2.45, 2.75) is 5.92 Å². The molecule has 0 radical (unpaired) electrons. The van der Waals surface area contributed by atoms with Crippen LogP contribution in [0.25, 0.3) is 0 Å². The molecule has 0 bridgehead atoms. The van der Waals surface area contributed by atoms with Crippen molar-refractivity contribution in [3.63, 3.8) is 0 Å². The molecule has 2 rings (SSSR count). The first-order valence-electron chi connectivity index (χ1n) is 4.72. The highest BCUT2D eigenvalue weighted by Crippen LogP contribution is 2.35. The summed E-state index contributed by atoms with van der Waals surface area (Å²) >= 11 is 0. The second-order valence-corrected chi connectivity index (χ2v) is 3.38. The lowest BCUT2D eigenvalue weighted by Crippen LogP contribution is -2.14. The number of halogens is 2.